The molecule has 0 aliphatic carbocycles. The summed E-state index contributed by atoms with van der Waals surface area (Å²) < 4.78 is 13.2. The Morgan fingerprint density at radius 2 is 2.00 bits per heavy atom. The molecular formula is C12H12FN3S. The van der Waals surface area contributed by atoms with E-state index in [1.165, 1.54) is 17.8 Å². The molecule has 88 valence electrons. The third-order valence-corrected chi connectivity index (χ3v) is 3.29. The monoisotopic (exact) mass is 249 g/mol. The summed E-state index contributed by atoms with van der Waals surface area (Å²) in [6.45, 7) is 0. The van der Waals surface area contributed by atoms with Gasteiger partial charge in [0.1, 0.15) is 11.6 Å². The van der Waals surface area contributed by atoms with Crippen LogP contribution in [0.1, 0.15) is 5.56 Å². The fourth-order valence-electron chi connectivity index (χ4n) is 1.29. The van der Waals surface area contributed by atoms with Crippen LogP contribution >= 0.6 is 11.8 Å². The fraction of sp³-hybridized carbons (Fsp3) is 0.0833. The minimum absolute atomic E-state index is 0.170. The zero-order chi connectivity index (χ0) is 12.3. The summed E-state index contributed by atoms with van der Waals surface area (Å²) in [7, 11) is 0. The third kappa shape index (κ3) is 3.10. The second-order valence-corrected chi connectivity index (χ2v) is 4.61. The highest BCUT2D eigenvalue weighted by Crippen LogP contribution is 2.25. The third-order valence-electron chi connectivity index (χ3n) is 2.23. The van der Waals surface area contributed by atoms with Crippen molar-refractivity contribution in [2.45, 2.75) is 10.6 Å². The van der Waals surface area contributed by atoms with E-state index >= 15 is 0 Å². The summed E-state index contributed by atoms with van der Waals surface area (Å²) in [5.41, 5.74) is 12.1. The Balaban J connectivity index is 2.02. The van der Waals surface area contributed by atoms with Crippen molar-refractivity contribution in [2.75, 3.05) is 11.5 Å². The summed E-state index contributed by atoms with van der Waals surface area (Å²) in [6, 6.07) is 8.46. The maximum Gasteiger partial charge on any atom is 0.147 e. The minimum Gasteiger partial charge on any atom is -0.396 e. The number of nitrogens with two attached hydrogens (primary N) is 2. The summed E-state index contributed by atoms with van der Waals surface area (Å²) in [6.07, 6.45) is 1.72. The number of aromatic nitrogens is 1. The number of thioether (sulfide) groups is 1. The standard InChI is InChI=1S/C12H12FN3S/c13-10-5-9(2-3-11(10)14)17-7-8-1-4-12(15)16-6-8/h1-6H,7,14H2,(H2,15,16). The predicted molar refractivity (Wildman–Crippen MR) is 69.0 cm³/mol. The molecule has 1 heterocycles. The second-order valence-electron chi connectivity index (χ2n) is 3.56. The molecule has 0 fully saturated rings. The van der Waals surface area contributed by atoms with Gasteiger partial charge >= 0.3 is 0 Å². The molecule has 0 saturated carbocycles. The van der Waals surface area contributed by atoms with Gasteiger partial charge in [-0.05, 0) is 29.8 Å². The van der Waals surface area contributed by atoms with Crippen LogP contribution in [0, 0.1) is 5.82 Å². The van der Waals surface area contributed by atoms with E-state index in [1.54, 1.807) is 24.4 Å². The van der Waals surface area contributed by atoms with Gasteiger partial charge in [-0.15, -0.1) is 11.8 Å². The number of hydrogen-bond acceptors (Lipinski definition) is 4. The summed E-state index contributed by atoms with van der Waals surface area (Å²) >= 11 is 1.53. The predicted octanol–water partition coefficient (Wildman–Crippen LogP) is 2.68. The number of rotatable bonds is 3. The molecule has 2 rings (SSSR count). The van der Waals surface area contributed by atoms with Gasteiger partial charge in [0.05, 0.1) is 5.69 Å². The van der Waals surface area contributed by atoms with Gasteiger partial charge in [0.15, 0.2) is 0 Å². The molecule has 0 spiro atoms. The molecular weight excluding hydrogens is 237 g/mol. The van der Waals surface area contributed by atoms with Gasteiger partial charge in [-0.25, -0.2) is 9.37 Å². The smallest absolute Gasteiger partial charge is 0.147 e. The lowest BCUT2D eigenvalue weighted by Gasteiger charge is -2.03. The van der Waals surface area contributed by atoms with Crippen molar-refractivity contribution < 1.29 is 4.39 Å². The summed E-state index contributed by atoms with van der Waals surface area (Å²) in [5, 5.41) is 0. The molecule has 0 aliphatic rings. The number of anilines is 2. The van der Waals surface area contributed by atoms with Crippen molar-refractivity contribution in [1.82, 2.24) is 4.98 Å². The molecule has 0 aliphatic heterocycles. The first-order valence-electron chi connectivity index (χ1n) is 5.03. The van der Waals surface area contributed by atoms with Crippen LogP contribution in [0.4, 0.5) is 15.9 Å². The molecule has 0 unspecified atom stereocenters. The fourth-order valence-corrected chi connectivity index (χ4v) is 2.14. The lowest BCUT2D eigenvalue weighted by molar-refractivity contribution is 0.629. The zero-order valence-electron chi connectivity index (χ0n) is 9.06. The van der Waals surface area contributed by atoms with Crippen molar-refractivity contribution in [3.63, 3.8) is 0 Å². The van der Waals surface area contributed by atoms with E-state index in [2.05, 4.69) is 4.98 Å². The average molecular weight is 249 g/mol. The van der Waals surface area contributed by atoms with Gasteiger partial charge < -0.3 is 11.5 Å². The number of nitrogen functional groups attached to an aromatic ring is 2. The van der Waals surface area contributed by atoms with E-state index in [0.29, 0.717) is 5.82 Å². The molecule has 1 aromatic carbocycles. The van der Waals surface area contributed by atoms with Crippen molar-refractivity contribution >= 4 is 23.3 Å². The highest BCUT2D eigenvalue weighted by Gasteiger charge is 2.01. The van der Waals surface area contributed by atoms with Crippen LogP contribution in [0.3, 0.4) is 0 Å². The van der Waals surface area contributed by atoms with Crippen LogP contribution in [0.5, 0.6) is 0 Å². The maximum absolute atomic E-state index is 13.2. The van der Waals surface area contributed by atoms with Crippen molar-refractivity contribution in [1.29, 1.82) is 0 Å². The van der Waals surface area contributed by atoms with Crippen LogP contribution in [0.25, 0.3) is 0 Å². The van der Waals surface area contributed by atoms with Crippen molar-refractivity contribution in [3.05, 3.63) is 47.9 Å². The van der Waals surface area contributed by atoms with Crippen molar-refractivity contribution in [3.8, 4) is 0 Å². The first kappa shape index (κ1) is 11.7. The number of nitrogens with zero attached hydrogens (tertiary/aromatic N) is 1. The Morgan fingerprint density at radius 1 is 1.18 bits per heavy atom. The van der Waals surface area contributed by atoms with Gasteiger partial charge in [-0.1, -0.05) is 6.07 Å². The lowest BCUT2D eigenvalue weighted by atomic mass is 10.3. The first-order chi connectivity index (χ1) is 8.15. The van der Waals surface area contributed by atoms with Crippen LogP contribution in [-0.2, 0) is 5.75 Å². The topological polar surface area (TPSA) is 64.9 Å². The quantitative estimate of drug-likeness (QED) is 0.648. The second kappa shape index (κ2) is 5.05. The molecule has 1 aromatic heterocycles. The summed E-state index contributed by atoms with van der Waals surface area (Å²) in [5.74, 6) is 0.833. The Hall–Kier alpha value is -1.75. The van der Waals surface area contributed by atoms with E-state index in [9.17, 15) is 4.39 Å². The Morgan fingerprint density at radius 3 is 2.65 bits per heavy atom. The van der Waals surface area contributed by atoms with E-state index in [1.807, 2.05) is 6.07 Å². The Labute approximate surface area is 103 Å². The number of benzene rings is 1. The van der Waals surface area contributed by atoms with Gasteiger partial charge in [0.2, 0.25) is 0 Å². The number of pyridine rings is 1. The highest BCUT2D eigenvalue weighted by molar-refractivity contribution is 7.98. The number of hydrogen-bond donors (Lipinski definition) is 2. The van der Waals surface area contributed by atoms with Gasteiger partial charge in [0, 0.05) is 16.8 Å². The normalized spacial score (nSPS) is 10.4. The van der Waals surface area contributed by atoms with E-state index in [0.717, 1.165) is 16.2 Å². The van der Waals surface area contributed by atoms with E-state index in [-0.39, 0.29) is 11.5 Å². The van der Waals surface area contributed by atoms with Crippen molar-refractivity contribution in [2.24, 2.45) is 0 Å². The molecule has 17 heavy (non-hydrogen) atoms. The minimum atomic E-state index is -0.384. The zero-order valence-corrected chi connectivity index (χ0v) is 9.88. The van der Waals surface area contributed by atoms with Gasteiger partial charge in [-0.3, -0.25) is 0 Å². The van der Waals surface area contributed by atoms with Crippen LogP contribution in [0.2, 0.25) is 0 Å². The molecule has 5 heteroatoms. The molecule has 2 aromatic rings. The molecule has 3 nitrogen and oxygen atoms in total. The Kier molecular flexibility index (Phi) is 3.49. The molecule has 0 amide bonds. The largest absolute Gasteiger partial charge is 0.396 e. The molecule has 0 atom stereocenters. The molecule has 4 N–H and O–H groups in total. The van der Waals surface area contributed by atoms with E-state index < -0.39 is 0 Å². The van der Waals surface area contributed by atoms with Gasteiger partial charge in [0.25, 0.3) is 0 Å². The summed E-state index contributed by atoms with van der Waals surface area (Å²) in [4.78, 5) is 4.83. The van der Waals surface area contributed by atoms with E-state index in [4.69, 9.17) is 11.5 Å². The van der Waals surface area contributed by atoms with Crippen LogP contribution < -0.4 is 11.5 Å². The average Bonchev–Trinajstić information content (AvgIpc) is 2.33. The lowest BCUT2D eigenvalue weighted by Crippen LogP contribution is -1.91. The molecule has 0 radical (unpaired) electrons. The van der Waals surface area contributed by atoms with Gasteiger partial charge in [-0.2, -0.15) is 0 Å². The SMILES string of the molecule is Nc1ccc(CSc2ccc(N)c(F)c2)cn1. The highest BCUT2D eigenvalue weighted by atomic mass is 32.2. The maximum atomic E-state index is 13.2. The molecule has 0 bridgehead atoms. The first-order valence-corrected chi connectivity index (χ1v) is 6.02. The molecule has 0 saturated heterocycles. The van der Waals surface area contributed by atoms with Crippen LogP contribution in [-0.4, -0.2) is 4.98 Å². The number of halogens is 1. The Bertz CT molecular complexity index is 514. The van der Waals surface area contributed by atoms with Crippen LogP contribution in [0.15, 0.2) is 41.4 Å².